The molecule has 0 unspecified atom stereocenters. The second-order valence-corrected chi connectivity index (χ2v) is 6.20. The van der Waals surface area contributed by atoms with E-state index in [4.69, 9.17) is 16.4 Å². The Balaban J connectivity index is 1.66. The predicted octanol–water partition coefficient (Wildman–Crippen LogP) is 3.68. The van der Waals surface area contributed by atoms with Gasteiger partial charge in [-0.15, -0.1) is 0 Å². The molecule has 0 radical (unpaired) electrons. The Morgan fingerprint density at radius 1 is 1.29 bits per heavy atom. The van der Waals surface area contributed by atoms with Gasteiger partial charge in [-0.3, -0.25) is 4.79 Å². The molecule has 0 aromatic heterocycles. The van der Waals surface area contributed by atoms with Crippen LogP contribution in [0.15, 0.2) is 53.7 Å². The molecule has 1 atom stereocenters. The van der Waals surface area contributed by atoms with E-state index in [2.05, 4.69) is 10.5 Å². The molecule has 4 nitrogen and oxygen atoms in total. The molecule has 6 heteroatoms. The minimum Gasteiger partial charge on any atom is -0.379 e. The summed E-state index contributed by atoms with van der Waals surface area (Å²) in [5.74, 6) is -0.708. The quantitative estimate of drug-likeness (QED) is 0.918. The lowest BCUT2D eigenvalue weighted by Crippen LogP contribution is -2.44. The maximum Gasteiger partial charge on any atom is 0.267 e. The van der Waals surface area contributed by atoms with Crippen molar-refractivity contribution in [1.29, 1.82) is 0 Å². The summed E-state index contributed by atoms with van der Waals surface area (Å²) in [6.45, 7) is 1.74. The molecule has 2 aromatic carbocycles. The topological polar surface area (TPSA) is 50.7 Å². The van der Waals surface area contributed by atoms with Crippen LogP contribution in [0.5, 0.6) is 0 Å². The van der Waals surface area contributed by atoms with Crippen LogP contribution in [-0.4, -0.2) is 17.2 Å². The third-order valence-electron chi connectivity index (χ3n) is 3.92. The van der Waals surface area contributed by atoms with Crippen LogP contribution in [0.1, 0.15) is 24.5 Å². The van der Waals surface area contributed by atoms with E-state index in [1.807, 2.05) is 18.2 Å². The number of rotatable bonds is 4. The number of hydrogen-bond donors (Lipinski definition) is 1. The molecular formula is C18H16ClFN2O2. The third kappa shape index (κ3) is 3.26. The van der Waals surface area contributed by atoms with Gasteiger partial charge in [-0.05, 0) is 19.1 Å². The van der Waals surface area contributed by atoms with E-state index in [0.29, 0.717) is 22.7 Å². The molecule has 1 heterocycles. The molecule has 0 spiro atoms. The molecule has 2 aromatic rings. The van der Waals surface area contributed by atoms with Gasteiger partial charge in [-0.2, -0.15) is 0 Å². The van der Waals surface area contributed by atoms with E-state index in [1.54, 1.807) is 31.2 Å². The number of oxime groups is 1. The van der Waals surface area contributed by atoms with Gasteiger partial charge in [0.05, 0.1) is 5.71 Å². The highest BCUT2D eigenvalue weighted by Crippen LogP contribution is 2.29. The smallest absolute Gasteiger partial charge is 0.267 e. The van der Waals surface area contributed by atoms with Crippen molar-refractivity contribution in [3.05, 3.63) is 70.5 Å². The lowest BCUT2D eigenvalue weighted by Gasteiger charge is -2.20. The number of hydrogen-bond acceptors (Lipinski definition) is 3. The van der Waals surface area contributed by atoms with Crippen molar-refractivity contribution in [1.82, 2.24) is 5.32 Å². The summed E-state index contributed by atoms with van der Waals surface area (Å²) >= 11 is 6.16. The molecule has 3 rings (SSSR count). The van der Waals surface area contributed by atoms with Gasteiger partial charge >= 0.3 is 0 Å². The summed E-state index contributed by atoms with van der Waals surface area (Å²) in [6.07, 6.45) is 0.292. The molecule has 0 saturated carbocycles. The maximum atomic E-state index is 13.6. The molecule has 0 saturated heterocycles. The fourth-order valence-electron chi connectivity index (χ4n) is 2.51. The van der Waals surface area contributed by atoms with Crippen molar-refractivity contribution in [3.63, 3.8) is 0 Å². The Bertz CT molecular complexity index is 809. The van der Waals surface area contributed by atoms with E-state index < -0.39 is 5.60 Å². The zero-order valence-electron chi connectivity index (χ0n) is 13.1. The first kappa shape index (κ1) is 16.5. The highest BCUT2D eigenvalue weighted by molar-refractivity contribution is 6.34. The van der Waals surface area contributed by atoms with Gasteiger partial charge in [-0.25, -0.2) is 4.39 Å². The number of benzene rings is 2. The fourth-order valence-corrected chi connectivity index (χ4v) is 2.75. The van der Waals surface area contributed by atoms with Crippen molar-refractivity contribution in [3.8, 4) is 0 Å². The first-order chi connectivity index (χ1) is 11.5. The van der Waals surface area contributed by atoms with Crippen molar-refractivity contribution in [2.24, 2.45) is 5.16 Å². The molecule has 1 amide bonds. The molecule has 0 aliphatic carbocycles. The van der Waals surface area contributed by atoms with Crippen LogP contribution in [0.3, 0.4) is 0 Å². The van der Waals surface area contributed by atoms with E-state index in [9.17, 15) is 9.18 Å². The van der Waals surface area contributed by atoms with E-state index in [1.165, 1.54) is 6.07 Å². The summed E-state index contributed by atoms with van der Waals surface area (Å²) in [5.41, 5.74) is 0.633. The van der Waals surface area contributed by atoms with Crippen LogP contribution in [-0.2, 0) is 16.2 Å². The largest absolute Gasteiger partial charge is 0.379 e. The molecule has 124 valence electrons. The Morgan fingerprint density at radius 2 is 2.00 bits per heavy atom. The highest BCUT2D eigenvalue weighted by Gasteiger charge is 2.42. The number of amides is 1. The number of nitrogens with one attached hydrogen (secondary N) is 1. The minimum atomic E-state index is -1.14. The van der Waals surface area contributed by atoms with Crippen molar-refractivity contribution >= 4 is 23.2 Å². The maximum absolute atomic E-state index is 13.6. The Labute approximate surface area is 144 Å². The second kappa shape index (κ2) is 6.61. The number of nitrogens with zero attached hydrogens (tertiary/aromatic N) is 1. The SMILES string of the molecule is C[C@]1(C(=O)NCc2ccccc2F)CC(c2ccccc2Cl)=NO1. The molecule has 1 aliphatic heterocycles. The molecular weight excluding hydrogens is 331 g/mol. The van der Waals surface area contributed by atoms with Crippen molar-refractivity contribution < 1.29 is 14.0 Å². The van der Waals surface area contributed by atoms with E-state index >= 15 is 0 Å². The first-order valence-corrected chi connectivity index (χ1v) is 7.89. The van der Waals surface area contributed by atoms with E-state index in [0.717, 1.165) is 5.56 Å². The lowest BCUT2D eigenvalue weighted by atomic mass is 9.95. The van der Waals surface area contributed by atoms with Gasteiger partial charge in [0.1, 0.15) is 5.82 Å². The van der Waals surface area contributed by atoms with Gasteiger partial charge in [0.2, 0.25) is 5.60 Å². The van der Waals surface area contributed by atoms with Crippen LogP contribution in [0.2, 0.25) is 5.02 Å². The number of carbonyl (C=O) groups is 1. The average Bonchev–Trinajstić information content (AvgIpc) is 2.98. The third-order valence-corrected chi connectivity index (χ3v) is 4.25. The molecule has 24 heavy (non-hydrogen) atoms. The van der Waals surface area contributed by atoms with Gasteiger partial charge in [-0.1, -0.05) is 53.2 Å². The zero-order valence-corrected chi connectivity index (χ0v) is 13.8. The van der Waals surface area contributed by atoms with Crippen LogP contribution >= 0.6 is 11.6 Å². The van der Waals surface area contributed by atoms with Gasteiger partial charge in [0.25, 0.3) is 5.91 Å². The summed E-state index contributed by atoms with van der Waals surface area (Å²) < 4.78 is 13.6. The summed E-state index contributed by atoms with van der Waals surface area (Å²) in [4.78, 5) is 17.8. The Hall–Kier alpha value is -2.40. The summed E-state index contributed by atoms with van der Waals surface area (Å²) in [5, 5.41) is 7.26. The molecule has 1 aliphatic rings. The summed E-state index contributed by atoms with van der Waals surface area (Å²) in [7, 11) is 0. The fraction of sp³-hybridized carbons (Fsp3) is 0.222. The van der Waals surface area contributed by atoms with Crippen LogP contribution in [0.25, 0.3) is 0 Å². The first-order valence-electron chi connectivity index (χ1n) is 7.51. The van der Waals surface area contributed by atoms with Crippen LogP contribution < -0.4 is 5.32 Å². The monoisotopic (exact) mass is 346 g/mol. The minimum absolute atomic E-state index is 0.0892. The Morgan fingerprint density at radius 3 is 2.75 bits per heavy atom. The predicted molar refractivity (Wildman–Crippen MR) is 90.3 cm³/mol. The van der Waals surface area contributed by atoms with Crippen LogP contribution in [0.4, 0.5) is 4.39 Å². The summed E-state index contributed by atoms with van der Waals surface area (Å²) in [6, 6.07) is 13.6. The Kier molecular flexibility index (Phi) is 4.53. The van der Waals surface area contributed by atoms with Gasteiger partial charge in [0.15, 0.2) is 0 Å². The number of halogens is 2. The van der Waals surface area contributed by atoms with Gasteiger partial charge in [0, 0.05) is 29.1 Å². The van der Waals surface area contributed by atoms with Crippen molar-refractivity contribution in [2.75, 3.05) is 0 Å². The standard InChI is InChI=1S/C18H16ClFN2O2/c1-18(17(23)21-11-12-6-2-5-9-15(12)20)10-16(22-24-18)13-7-3-4-8-14(13)19/h2-9H,10-11H2,1H3,(H,21,23)/t18-/m1/s1. The van der Waals surface area contributed by atoms with Crippen LogP contribution in [0, 0.1) is 5.82 Å². The molecule has 1 N–H and O–H groups in total. The average molecular weight is 347 g/mol. The van der Waals surface area contributed by atoms with Crippen molar-refractivity contribution in [2.45, 2.75) is 25.5 Å². The zero-order chi connectivity index (χ0) is 17.2. The second-order valence-electron chi connectivity index (χ2n) is 5.79. The number of carbonyl (C=O) groups excluding carboxylic acids is 1. The normalized spacial score (nSPS) is 19.5. The molecule has 0 bridgehead atoms. The highest BCUT2D eigenvalue weighted by atomic mass is 35.5. The molecule has 0 fully saturated rings. The van der Waals surface area contributed by atoms with Gasteiger partial charge < -0.3 is 10.2 Å². The van der Waals surface area contributed by atoms with E-state index in [-0.39, 0.29) is 18.3 Å². The lowest BCUT2D eigenvalue weighted by molar-refractivity contribution is -0.141.